The lowest BCUT2D eigenvalue weighted by molar-refractivity contribution is 0.167. The predicted octanol–water partition coefficient (Wildman–Crippen LogP) is 2.83. The molecule has 120 valence electrons. The van der Waals surface area contributed by atoms with Crippen LogP contribution in [-0.2, 0) is 0 Å². The minimum atomic E-state index is 0. The molecule has 0 aromatic carbocycles. The molecule has 0 amide bonds. The predicted molar refractivity (Wildman–Crippen MR) is 99.2 cm³/mol. The van der Waals surface area contributed by atoms with E-state index in [4.69, 9.17) is 0 Å². The summed E-state index contributed by atoms with van der Waals surface area (Å²) in [6.45, 7) is 13.1. The minimum absolute atomic E-state index is 0. The fourth-order valence-electron chi connectivity index (χ4n) is 2.42. The summed E-state index contributed by atoms with van der Waals surface area (Å²) in [5.41, 5.74) is 0. The van der Waals surface area contributed by atoms with Crippen LogP contribution in [0.3, 0.4) is 0 Å². The number of hydrogen-bond donors (Lipinski definition) is 2. The molecule has 0 bridgehead atoms. The summed E-state index contributed by atoms with van der Waals surface area (Å²) in [7, 11) is 0. The fourth-order valence-corrected chi connectivity index (χ4v) is 2.42. The van der Waals surface area contributed by atoms with Gasteiger partial charge in [-0.3, -0.25) is 4.99 Å². The molecule has 1 heterocycles. The molecule has 0 aromatic heterocycles. The van der Waals surface area contributed by atoms with Crippen LogP contribution >= 0.6 is 24.0 Å². The lowest BCUT2D eigenvalue weighted by Gasteiger charge is -2.35. The third kappa shape index (κ3) is 7.67. The van der Waals surface area contributed by atoms with E-state index in [9.17, 15) is 0 Å². The summed E-state index contributed by atoms with van der Waals surface area (Å²) in [5.74, 6) is 0.999. The molecule has 0 unspecified atom stereocenters. The maximum Gasteiger partial charge on any atom is 0.191 e. The van der Waals surface area contributed by atoms with Gasteiger partial charge in [0.2, 0.25) is 0 Å². The molecule has 0 saturated carbocycles. The standard InChI is InChI=1S/C15H32N4.HI/c1-5-7-10-17-15(16-6-2)18-14-8-11-19(12-9-14)13(3)4;/h13-14H,5-12H2,1-4H3,(H2,16,17,18);1H. The Labute approximate surface area is 142 Å². The Hall–Kier alpha value is -0.0400. The topological polar surface area (TPSA) is 39.7 Å². The van der Waals surface area contributed by atoms with Crippen molar-refractivity contribution in [1.82, 2.24) is 15.5 Å². The van der Waals surface area contributed by atoms with E-state index in [0.29, 0.717) is 12.1 Å². The molecule has 0 radical (unpaired) electrons. The number of unbranched alkanes of at least 4 members (excludes halogenated alkanes) is 1. The number of piperidine rings is 1. The highest BCUT2D eigenvalue weighted by atomic mass is 127. The highest BCUT2D eigenvalue weighted by molar-refractivity contribution is 14.0. The third-order valence-corrected chi connectivity index (χ3v) is 3.73. The smallest absolute Gasteiger partial charge is 0.191 e. The molecular formula is C15H33IN4. The highest BCUT2D eigenvalue weighted by Crippen LogP contribution is 2.12. The van der Waals surface area contributed by atoms with Gasteiger partial charge in [-0.25, -0.2) is 0 Å². The molecule has 0 aliphatic carbocycles. The van der Waals surface area contributed by atoms with Crippen molar-refractivity contribution in [2.24, 2.45) is 4.99 Å². The molecule has 20 heavy (non-hydrogen) atoms. The quantitative estimate of drug-likeness (QED) is 0.314. The van der Waals surface area contributed by atoms with Crippen molar-refractivity contribution in [3.05, 3.63) is 0 Å². The number of aliphatic imine (C=N–C) groups is 1. The molecule has 1 fully saturated rings. The highest BCUT2D eigenvalue weighted by Gasteiger charge is 2.21. The molecule has 0 atom stereocenters. The van der Waals surface area contributed by atoms with Crippen LogP contribution in [-0.4, -0.2) is 49.1 Å². The number of guanidine groups is 1. The number of nitrogens with one attached hydrogen (secondary N) is 2. The fraction of sp³-hybridized carbons (Fsp3) is 0.933. The zero-order chi connectivity index (χ0) is 14.1. The Bertz CT molecular complexity index is 261. The van der Waals surface area contributed by atoms with Gasteiger partial charge >= 0.3 is 0 Å². The van der Waals surface area contributed by atoms with Crippen molar-refractivity contribution in [2.45, 2.75) is 65.5 Å². The van der Waals surface area contributed by atoms with E-state index in [1.54, 1.807) is 0 Å². The monoisotopic (exact) mass is 396 g/mol. The molecular weight excluding hydrogens is 363 g/mol. The molecule has 2 N–H and O–H groups in total. The van der Waals surface area contributed by atoms with Gasteiger partial charge in [-0.15, -0.1) is 24.0 Å². The SMILES string of the molecule is CCCCN=C(NCC)NC1CCN(C(C)C)CC1.I. The first-order chi connectivity index (χ1) is 9.17. The van der Waals surface area contributed by atoms with Crippen LogP contribution < -0.4 is 10.6 Å². The van der Waals surface area contributed by atoms with E-state index >= 15 is 0 Å². The van der Waals surface area contributed by atoms with E-state index < -0.39 is 0 Å². The van der Waals surface area contributed by atoms with Gasteiger partial charge in [0.1, 0.15) is 0 Å². The van der Waals surface area contributed by atoms with E-state index in [-0.39, 0.29) is 24.0 Å². The third-order valence-electron chi connectivity index (χ3n) is 3.73. The molecule has 1 aliphatic heterocycles. The van der Waals surface area contributed by atoms with Crippen molar-refractivity contribution >= 4 is 29.9 Å². The molecule has 1 saturated heterocycles. The number of hydrogen-bond acceptors (Lipinski definition) is 2. The molecule has 1 rings (SSSR count). The Balaban J connectivity index is 0.00000361. The zero-order valence-electron chi connectivity index (χ0n) is 13.6. The molecule has 4 nitrogen and oxygen atoms in total. The summed E-state index contributed by atoms with van der Waals surface area (Å²) in [5, 5.41) is 6.94. The van der Waals surface area contributed by atoms with Crippen molar-refractivity contribution in [1.29, 1.82) is 0 Å². The van der Waals surface area contributed by atoms with Gasteiger partial charge in [-0.2, -0.15) is 0 Å². The summed E-state index contributed by atoms with van der Waals surface area (Å²) in [6, 6.07) is 1.25. The first-order valence-electron chi connectivity index (χ1n) is 7.96. The lowest BCUT2D eigenvalue weighted by atomic mass is 10.0. The van der Waals surface area contributed by atoms with Gasteiger partial charge in [-0.1, -0.05) is 13.3 Å². The average molecular weight is 396 g/mol. The Morgan fingerprint density at radius 2 is 1.90 bits per heavy atom. The second-order valence-corrected chi connectivity index (χ2v) is 5.66. The summed E-state index contributed by atoms with van der Waals surface area (Å²) < 4.78 is 0. The van der Waals surface area contributed by atoms with E-state index in [2.05, 4.69) is 48.2 Å². The Morgan fingerprint density at radius 1 is 1.25 bits per heavy atom. The van der Waals surface area contributed by atoms with E-state index in [1.165, 1.54) is 38.8 Å². The van der Waals surface area contributed by atoms with Crippen molar-refractivity contribution in [2.75, 3.05) is 26.2 Å². The molecule has 0 aromatic rings. The number of nitrogens with zero attached hydrogens (tertiary/aromatic N) is 2. The second-order valence-electron chi connectivity index (χ2n) is 5.66. The van der Waals surface area contributed by atoms with E-state index in [1.807, 2.05) is 0 Å². The number of halogens is 1. The van der Waals surface area contributed by atoms with Crippen LogP contribution in [0.5, 0.6) is 0 Å². The molecule has 0 spiro atoms. The Morgan fingerprint density at radius 3 is 2.40 bits per heavy atom. The van der Waals surface area contributed by atoms with Gasteiger partial charge in [0.05, 0.1) is 0 Å². The average Bonchev–Trinajstić information content (AvgIpc) is 2.40. The first kappa shape index (κ1) is 20.0. The van der Waals surface area contributed by atoms with Crippen molar-refractivity contribution in [3.63, 3.8) is 0 Å². The lowest BCUT2D eigenvalue weighted by Crippen LogP contribution is -2.49. The maximum atomic E-state index is 4.63. The van der Waals surface area contributed by atoms with Crippen LogP contribution in [0.15, 0.2) is 4.99 Å². The van der Waals surface area contributed by atoms with Crippen LogP contribution in [0.1, 0.15) is 53.4 Å². The number of rotatable bonds is 6. The zero-order valence-corrected chi connectivity index (χ0v) is 15.9. The van der Waals surface area contributed by atoms with Crippen LogP contribution in [0.2, 0.25) is 0 Å². The summed E-state index contributed by atoms with van der Waals surface area (Å²) in [4.78, 5) is 7.19. The van der Waals surface area contributed by atoms with Gasteiger partial charge in [0.15, 0.2) is 5.96 Å². The van der Waals surface area contributed by atoms with Crippen LogP contribution in [0.25, 0.3) is 0 Å². The minimum Gasteiger partial charge on any atom is -0.357 e. The largest absolute Gasteiger partial charge is 0.357 e. The molecule has 5 heteroatoms. The van der Waals surface area contributed by atoms with Gasteiger partial charge < -0.3 is 15.5 Å². The Kier molecular flexibility index (Phi) is 11.6. The van der Waals surface area contributed by atoms with Crippen LogP contribution in [0, 0.1) is 0 Å². The molecule has 1 aliphatic rings. The summed E-state index contributed by atoms with van der Waals surface area (Å²) >= 11 is 0. The second kappa shape index (κ2) is 11.6. The van der Waals surface area contributed by atoms with Gasteiger partial charge in [0.25, 0.3) is 0 Å². The maximum absolute atomic E-state index is 4.63. The van der Waals surface area contributed by atoms with Gasteiger partial charge in [0, 0.05) is 38.3 Å². The van der Waals surface area contributed by atoms with Gasteiger partial charge in [-0.05, 0) is 40.0 Å². The van der Waals surface area contributed by atoms with Crippen molar-refractivity contribution in [3.8, 4) is 0 Å². The normalized spacial score (nSPS) is 17.9. The van der Waals surface area contributed by atoms with E-state index in [0.717, 1.165) is 19.0 Å². The summed E-state index contributed by atoms with van der Waals surface area (Å²) in [6.07, 6.45) is 4.81. The van der Waals surface area contributed by atoms with Crippen LogP contribution in [0.4, 0.5) is 0 Å². The number of likely N-dealkylation sites (tertiary alicyclic amines) is 1. The first-order valence-corrected chi connectivity index (χ1v) is 7.96. The van der Waals surface area contributed by atoms with Crippen molar-refractivity contribution < 1.29 is 0 Å².